The molecule has 1 N–H and O–H groups in total. The molecule has 0 saturated heterocycles. The highest BCUT2D eigenvalue weighted by Gasteiger charge is 2.16. The maximum atomic E-state index is 12.7. The Hall–Kier alpha value is -2.65. The van der Waals surface area contributed by atoms with Crippen LogP contribution in [-0.4, -0.2) is 16.9 Å². The van der Waals surface area contributed by atoms with Gasteiger partial charge >= 0.3 is 0 Å². The number of hydrogen-bond donors (Lipinski definition) is 1. The van der Waals surface area contributed by atoms with Gasteiger partial charge in [-0.1, -0.05) is 47.5 Å². The van der Waals surface area contributed by atoms with Crippen molar-refractivity contribution in [2.75, 3.05) is 6.54 Å². The Labute approximate surface area is 155 Å². The third kappa shape index (κ3) is 3.94. The molecule has 0 radical (unpaired) electrons. The smallest absolute Gasteiger partial charge is 0.178 e. The SMILES string of the molecule is Cc1ccc(CNCC(=O)c2cc(C)n(-c3ccc(C)cc3)c2C)cc1. The van der Waals surface area contributed by atoms with Crippen molar-refractivity contribution in [1.29, 1.82) is 0 Å². The van der Waals surface area contributed by atoms with E-state index < -0.39 is 0 Å². The Morgan fingerprint density at radius 3 is 2.08 bits per heavy atom. The summed E-state index contributed by atoms with van der Waals surface area (Å²) < 4.78 is 2.15. The van der Waals surface area contributed by atoms with Crippen molar-refractivity contribution in [3.8, 4) is 5.69 Å². The van der Waals surface area contributed by atoms with E-state index in [0.29, 0.717) is 13.1 Å². The van der Waals surface area contributed by atoms with E-state index in [2.05, 4.69) is 72.3 Å². The molecule has 1 aromatic heterocycles. The van der Waals surface area contributed by atoms with E-state index in [1.54, 1.807) is 0 Å². The molecule has 0 aliphatic carbocycles. The topological polar surface area (TPSA) is 34.0 Å². The van der Waals surface area contributed by atoms with Crippen LogP contribution in [0.1, 0.15) is 38.4 Å². The number of carbonyl (C=O) groups is 1. The van der Waals surface area contributed by atoms with E-state index >= 15 is 0 Å². The first-order valence-electron chi connectivity index (χ1n) is 9.01. The summed E-state index contributed by atoms with van der Waals surface area (Å²) in [7, 11) is 0. The van der Waals surface area contributed by atoms with Crippen molar-refractivity contribution in [3.05, 3.63) is 88.2 Å². The number of Topliss-reactive ketones (excluding diaryl/α,β-unsaturated/α-hetero) is 1. The van der Waals surface area contributed by atoms with Crippen molar-refractivity contribution in [2.45, 2.75) is 34.2 Å². The normalized spacial score (nSPS) is 10.9. The van der Waals surface area contributed by atoms with Crippen molar-refractivity contribution < 1.29 is 4.79 Å². The number of ketones is 1. The van der Waals surface area contributed by atoms with Gasteiger partial charge in [-0.25, -0.2) is 0 Å². The minimum atomic E-state index is 0.128. The summed E-state index contributed by atoms with van der Waals surface area (Å²) in [6.07, 6.45) is 0. The molecule has 26 heavy (non-hydrogen) atoms. The van der Waals surface area contributed by atoms with E-state index in [4.69, 9.17) is 0 Å². The number of aryl methyl sites for hydroxylation is 3. The quantitative estimate of drug-likeness (QED) is 0.657. The minimum Gasteiger partial charge on any atom is -0.318 e. The predicted molar refractivity (Wildman–Crippen MR) is 107 cm³/mol. The molecule has 3 nitrogen and oxygen atoms in total. The Morgan fingerprint density at radius 1 is 0.885 bits per heavy atom. The number of nitrogens with zero attached hydrogens (tertiary/aromatic N) is 1. The molecule has 0 unspecified atom stereocenters. The van der Waals surface area contributed by atoms with Gasteiger partial charge in [0.2, 0.25) is 0 Å². The average Bonchev–Trinajstić information content (AvgIpc) is 2.92. The zero-order valence-electron chi connectivity index (χ0n) is 16.0. The first kappa shape index (κ1) is 18.2. The van der Waals surface area contributed by atoms with Crippen LogP contribution in [0.15, 0.2) is 54.6 Å². The molecule has 2 aromatic carbocycles. The van der Waals surface area contributed by atoms with E-state index in [0.717, 1.165) is 22.6 Å². The van der Waals surface area contributed by atoms with Crippen LogP contribution in [0.3, 0.4) is 0 Å². The van der Waals surface area contributed by atoms with Gasteiger partial charge in [-0.2, -0.15) is 0 Å². The second-order valence-electron chi connectivity index (χ2n) is 6.97. The molecule has 0 amide bonds. The van der Waals surface area contributed by atoms with Gasteiger partial charge in [-0.3, -0.25) is 4.79 Å². The second-order valence-corrected chi connectivity index (χ2v) is 6.97. The van der Waals surface area contributed by atoms with E-state index in [1.165, 1.54) is 16.7 Å². The molecule has 0 atom stereocenters. The Balaban J connectivity index is 1.70. The lowest BCUT2D eigenvalue weighted by atomic mass is 10.1. The van der Waals surface area contributed by atoms with Gasteiger partial charge in [-0.15, -0.1) is 0 Å². The molecule has 0 spiro atoms. The fraction of sp³-hybridized carbons (Fsp3) is 0.261. The molecule has 0 aliphatic rings. The lowest BCUT2D eigenvalue weighted by Crippen LogP contribution is -2.23. The van der Waals surface area contributed by atoms with Gasteiger partial charge in [0, 0.05) is 29.2 Å². The van der Waals surface area contributed by atoms with Crippen LogP contribution in [0, 0.1) is 27.7 Å². The summed E-state index contributed by atoms with van der Waals surface area (Å²) in [5.41, 5.74) is 7.62. The van der Waals surface area contributed by atoms with Gasteiger partial charge < -0.3 is 9.88 Å². The van der Waals surface area contributed by atoms with Crippen LogP contribution in [-0.2, 0) is 6.54 Å². The highest BCUT2D eigenvalue weighted by molar-refractivity contribution is 5.99. The monoisotopic (exact) mass is 346 g/mol. The first-order chi connectivity index (χ1) is 12.5. The van der Waals surface area contributed by atoms with E-state index in [1.807, 2.05) is 19.9 Å². The summed E-state index contributed by atoms with van der Waals surface area (Å²) in [4.78, 5) is 12.7. The Morgan fingerprint density at radius 2 is 1.46 bits per heavy atom. The van der Waals surface area contributed by atoms with Crippen LogP contribution < -0.4 is 5.32 Å². The van der Waals surface area contributed by atoms with Crippen LogP contribution in [0.25, 0.3) is 5.69 Å². The lowest BCUT2D eigenvalue weighted by molar-refractivity contribution is 0.0990. The highest BCUT2D eigenvalue weighted by atomic mass is 16.1. The fourth-order valence-electron chi connectivity index (χ4n) is 3.26. The molecule has 3 rings (SSSR count). The van der Waals surface area contributed by atoms with Crippen LogP contribution in [0.5, 0.6) is 0 Å². The highest BCUT2D eigenvalue weighted by Crippen LogP contribution is 2.21. The van der Waals surface area contributed by atoms with Crippen molar-refractivity contribution >= 4 is 5.78 Å². The summed E-state index contributed by atoms with van der Waals surface area (Å²) in [5, 5.41) is 3.26. The van der Waals surface area contributed by atoms with Crippen LogP contribution in [0.4, 0.5) is 0 Å². The number of nitrogens with one attached hydrogen (secondary N) is 1. The zero-order valence-corrected chi connectivity index (χ0v) is 16.0. The van der Waals surface area contributed by atoms with Gasteiger partial charge in [0.1, 0.15) is 0 Å². The maximum Gasteiger partial charge on any atom is 0.178 e. The third-order valence-electron chi connectivity index (χ3n) is 4.76. The number of carbonyl (C=O) groups excluding carboxylic acids is 1. The minimum absolute atomic E-state index is 0.128. The number of hydrogen-bond acceptors (Lipinski definition) is 2. The maximum absolute atomic E-state index is 12.7. The summed E-state index contributed by atoms with van der Waals surface area (Å²) in [5.74, 6) is 0.128. The second kappa shape index (κ2) is 7.71. The predicted octanol–water partition coefficient (Wildman–Crippen LogP) is 4.68. The van der Waals surface area contributed by atoms with E-state index in [9.17, 15) is 4.79 Å². The molecule has 0 bridgehead atoms. The summed E-state index contributed by atoms with van der Waals surface area (Å²) >= 11 is 0. The third-order valence-corrected chi connectivity index (χ3v) is 4.76. The molecule has 1 heterocycles. The van der Waals surface area contributed by atoms with E-state index in [-0.39, 0.29) is 5.78 Å². The fourth-order valence-corrected chi connectivity index (χ4v) is 3.26. The molecule has 0 aliphatic heterocycles. The summed E-state index contributed by atoms with van der Waals surface area (Å²) in [6.45, 7) is 9.25. The van der Waals surface area contributed by atoms with Gasteiger partial charge in [0.25, 0.3) is 0 Å². The van der Waals surface area contributed by atoms with Gasteiger partial charge in [0.15, 0.2) is 5.78 Å². The molecular weight excluding hydrogens is 320 g/mol. The number of aromatic nitrogens is 1. The number of rotatable bonds is 6. The van der Waals surface area contributed by atoms with Crippen LogP contribution >= 0.6 is 0 Å². The molecule has 3 heteroatoms. The largest absolute Gasteiger partial charge is 0.318 e. The van der Waals surface area contributed by atoms with Crippen molar-refractivity contribution in [2.24, 2.45) is 0 Å². The number of benzene rings is 2. The van der Waals surface area contributed by atoms with Crippen LogP contribution in [0.2, 0.25) is 0 Å². The standard InChI is InChI=1S/C23H26N2O/c1-16-5-9-20(10-6-16)14-24-15-23(26)22-13-18(3)25(19(22)4)21-11-7-17(2)8-12-21/h5-13,24H,14-15H2,1-4H3. The molecule has 3 aromatic rings. The first-order valence-corrected chi connectivity index (χ1v) is 9.01. The summed E-state index contributed by atoms with van der Waals surface area (Å²) in [6, 6.07) is 18.7. The molecule has 0 saturated carbocycles. The van der Waals surface area contributed by atoms with Crippen molar-refractivity contribution in [1.82, 2.24) is 9.88 Å². The lowest BCUT2D eigenvalue weighted by Gasteiger charge is -2.10. The van der Waals surface area contributed by atoms with Gasteiger partial charge in [0.05, 0.1) is 6.54 Å². The Kier molecular flexibility index (Phi) is 5.38. The molecule has 0 fully saturated rings. The van der Waals surface area contributed by atoms with Gasteiger partial charge in [-0.05, 0) is 51.5 Å². The zero-order chi connectivity index (χ0) is 18.7. The molecule has 134 valence electrons. The van der Waals surface area contributed by atoms with Crippen molar-refractivity contribution in [3.63, 3.8) is 0 Å². The Bertz CT molecular complexity index is 903. The molecular formula is C23H26N2O. The average molecular weight is 346 g/mol.